The molecule has 0 saturated heterocycles. The number of hydrogen-bond donors (Lipinski definition) is 4. The Hall–Kier alpha value is -5.10. The number of oxazole rings is 2. The van der Waals surface area contributed by atoms with Gasteiger partial charge in [0.1, 0.15) is 28.0 Å². The number of carbonyl (C=O) groups excluding carboxylic acids is 2. The normalized spacial score (nSPS) is 21.4. The minimum absolute atomic E-state index is 0.0831. The second-order valence-electron chi connectivity index (χ2n) is 15.1. The number of aliphatic hydroxyl groups is 1. The molecule has 3 aromatic heterocycles. The summed E-state index contributed by atoms with van der Waals surface area (Å²) in [4.78, 5) is 41.0. The third-order valence-electron chi connectivity index (χ3n) is 11.6. The molecular formula is C42H39Cl2N5O6. The lowest BCUT2D eigenvalue weighted by Crippen LogP contribution is -2.43. The summed E-state index contributed by atoms with van der Waals surface area (Å²) in [6.07, 6.45) is -0.0500. The highest BCUT2D eigenvalue weighted by atomic mass is 35.5. The molecule has 0 aliphatic carbocycles. The number of ether oxygens (including phenoxy) is 1. The molecule has 3 aliphatic rings. The van der Waals surface area contributed by atoms with E-state index in [1.165, 1.54) is 0 Å². The van der Waals surface area contributed by atoms with E-state index in [0.717, 1.165) is 33.3 Å². The number of Topliss-reactive ketones (excluding diaryl/α,β-unsaturated/α-hetero) is 1. The number of aromatic amines is 1. The fourth-order valence-corrected chi connectivity index (χ4v) is 9.01. The zero-order chi connectivity index (χ0) is 38.4. The number of fused-ring (bicyclic) bond motifs is 5. The topological polar surface area (TPSA) is 156 Å². The van der Waals surface area contributed by atoms with Crippen molar-refractivity contribution in [2.45, 2.75) is 76.7 Å². The molecule has 0 fully saturated rings. The molecule has 2 unspecified atom stereocenters. The summed E-state index contributed by atoms with van der Waals surface area (Å²) in [5, 5.41) is 19.1. The monoisotopic (exact) mass is 779 g/mol. The minimum atomic E-state index is -1.52. The van der Waals surface area contributed by atoms with Gasteiger partial charge in [0.25, 0.3) is 5.89 Å². The van der Waals surface area contributed by atoms with Gasteiger partial charge in [-0.15, -0.1) is 0 Å². The van der Waals surface area contributed by atoms with Crippen molar-refractivity contribution in [3.05, 3.63) is 105 Å². The van der Waals surface area contributed by atoms with Crippen LogP contribution < -0.4 is 15.4 Å². The summed E-state index contributed by atoms with van der Waals surface area (Å²) < 4.78 is 20.2. The number of anilines is 1. The summed E-state index contributed by atoms with van der Waals surface area (Å²) in [6.45, 7) is 7.47. The Morgan fingerprint density at radius 3 is 2.55 bits per heavy atom. The van der Waals surface area contributed by atoms with Crippen molar-refractivity contribution in [3.8, 4) is 28.7 Å². The van der Waals surface area contributed by atoms with Gasteiger partial charge in [-0.1, -0.05) is 99.4 Å². The number of rotatable bonds is 8. The molecule has 9 rings (SSSR count). The van der Waals surface area contributed by atoms with Crippen molar-refractivity contribution < 1.29 is 28.3 Å². The van der Waals surface area contributed by atoms with Crippen LogP contribution in [-0.2, 0) is 21.4 Å². The number of aromatic nitrogens is 3. The van der Waals surface area contributed by atoms with Gasteiger partial charge in [-0.05, 0) is 54.5 Å². The lowest BCUT2D eigenvalue weighted by molar-refractivity contribution is -0.141. The van der Waals surface area contributed by atoms with Crippen molar-refractivity contribution >= 4 is 51.5 Å². The van der Waals surface area contributed by atoms with Gasteiger partial charge >= 0.3 is 0 Å². The lowest BCUT2D eigenvalue weighted by atomic mass is 9.72. The summed E-state index contributed by atoms with van der Waals surface area (Å²) in [5.74, 6) is -0.103. The standard InChI is InChI=1S/C42H39Cl2N5O6/c1-5-41(52,6-2)29(50)19-22-17-21-15-16-28-25(18-21)42(24-12-8-10-14-27(24)46-40(42)53-28)34-32(48-38(55-34)31(20(3)4)47-37(22)51)39-49-36(44)33(54-39)30-23-11-7-9-13-26(23)45-35(30)43/h7-16,18,20,22,31,40,45-46,52H,5-6,17,19H2,1-4H3,(H,47,51)/t22?,31-,40-,42?/m0/s1. The zero-order valence-electron chi connectivity index (χ0n) is 30.6. The number of nitrogens with one attached hydrogen (secondary N) is 3. The maximum atomic E-state index is 14.3. The molecule has 1 spiro atoms. The first-order chi connectivity index (χ1) is 26.5. The molecular weight excluding hydrogens is 741 g/mol. The van der Waals surface area contributed by atoms with Gasteiger partial charge in [0.2, 0.25) is 11.8 Å². The SMILES string of the molecule is CCC(O)(CC)C(=O)CC1Cc2ccc3c(c2)C2(c4ccccc4N[C@H]2O3)c2oc(nc2-c2nc(Cl)c(-c3c(Cl)[nH]c4ccccc34)o2)[C@H](C(C)C)NC1=O. The third kappa shape index (κ3) is 5.34. The van der Waals surface area contributed by atoms with Crippen LogP contribution in [0.15, 0.2) is 75.6 Å². The van der Waals surface area contributed by atoms with Gasteiger partial charge in [0.15, 0.2) is 34.4 Å². The Morgan fingerprint density at radius 2 is 1.76 bits per heavy atom. The highest BCUT2D eigenvalue weighted by molar-refractivity contribution is 6.37. The zero-order valence-corrected chi connectivity index (χ0v) is 32.1. The van der Waals surface area contributed by atoms with E-state index in [1.54, 1.807) is 13.8 Å². The van der Waals surface area contributed by atoms with Crippen molar-refractivity contribution in [3.63, 3.8) is 0 Å². The summed E-state index contributed by atoms with van der Waals surface area (Å²) in [5.41, 5.74) is 2.38. The van der Waals surface area contributed by atoms with Crippen molar-refractivity contribution in [1.82, 2.24) is 20.3 Å². The number of ketones is 1. The van der Waals surface area contributed by atoms with Crippen LogP contribution in [0.2, 0.25) is 10.3 Å². The minimum Gasteiger partial charge on any atom is -0.469 e. The Labute approximate surface area is 326 Å². The highest BCUT2D eigenvalue weighted by Gasteiger charge is 2.61. The second kappa shape index (κ2) is 13.0. The van der Waals surface area contributed by atoms with Crippen LogP contribution in [-0.4, -0.2) is 43.6 Å². The van der Waals surface area contributed by atoms with Crippen LogP contribution in [0.25, 0.3) is 33.8 Å². The molecule has 6 heterocycles. The molecule has 6 aromatic rings. The number of nitrogens with zero attached hydrogens (tertiary/aromatic N) is 2. The van der Waals surface area contributed by atoms with Gasteiger partial charge in [-0.3, -0.25) is 9.59 Å². The lowest BCUT2D eigenvalue weighted by Gasteiger charge is -2.29. The van der Waals surface area contributed by atoms with E-state index in [2.05, 4.69) is 15.6 Å². The van der Waals surface area contributed by atoms with E-state index < -0.39 is 29.2 Å². The molecule has 13 heteroatoms. The molecule has 4 bridgehead atoms. The quantitative estimate of drug-likeness (QED) is 0.119. The Kier molecular flexibility index (Phi) is 8.41. The van der Waals surface area contributed by atoms with Gasteiger partial charge in [0.05, 0.1) is 5.56 Å². The highest BCUT2D eigenvalue weighted by Crippen LogP contribution is 2.59. The number of benzene rings is 3. The van der Waals surface area contributed by atoms with Gasteiger partial charge < -0.3 is 34.3 Å². The van der Waals surface area contributed by atoms with E-state index in [0.29, 0.717) is 22.2 Å². The van der Waals surface area contributed by atoms with E-state index in [4.69, 9.17) is 46.7 Å². The first-order valence-corrected chi connectivity index (χ1v) is 19.4. The first-order valence-electron chi connectivity index (χ1n) is 18.6. The summed E-state index contributed by atoms with van der Waals surface area (Å²) >= 11 is 13.6. The van der Waals surface area contributed by atoms with E-state index in [9.17, 15) is 14.7 Å². The first kappa shape index (κ1) is 35.6. The molecule has 3 aromatic carbocycles. The second-order valence-corrected chi connectivity index (χ2v) is 15.8. The molecule has 4 atom stereocenters. The van der Waals surface area contributed by atoms with E-state index >= 15 is 0 Å². The number of para-hydroxylation sites is 2. The van der Waals surface area contributed by atoms with Crippen molar-refractivity contribution in [1.29, 1.82) is 0 Å². The van der Waals surface area contributed by atoms with E-state index in [1.807, 2.05) is 80.6 Å². The number of carbonyl (C=O) groups is 2. The average molecular weight is 781 g/mol. The maximum absolute atomic E-state index is 14.3. The fourth-order valence-electron chi connectivity index (χ4n) is 8.51. The van der Waals surface area contributed by atoms with Crippen LogP contribution in [0.3, 0.4) is 0 Å². The van der Waals surface area contributed by atoms with Crippen LogP contribution in [0.1, 0.15) is 81.3 Å². The molecule has 0 radical (unpaired) electrons. The number of hydrogen-bond acceptors (Lipinski definition) is 9. The van der Waals surface area contributed by atoms with Crippen LogP contribution in [0.5, 0.6) is 5.75 Å². The summed E-state index contributed by atoms with van der Waals surface area (Å²) in [6, 6.07) is 20.7. The van der Waals surface area contributed by atoms with Crippen molar-refractivity contribution in [2.24, 2.45) is 11.8 Å². The van der Waals surface area contributed by atoms with Crippen LogP contribution in [0, 0.1) is 11.8 Å². The third-order valence-corrected chi connectivity index (χ3v) is 12.2. The van der Waals surface area contributed by atoms with Gasteiger partial charge in [-0.25, -0.2) is 4.98 Å². The Bertz CT molecular complexity index is 2520. The number of halogens is 2. The van der Waals surface area contributed by atoms with Crippen molar-refractivity contribution in [2.75, 3.05) is 5.32 Å². The predicted molar refractivity (Wildman–Crippen MR) is 208 cm³/mol. The smallest absolute Gasteiger partial charge is 0.250 e. The number of H-pyrrole nitrogens is 1. The fraction of sp³-hybridized carbons (Fsp3) is 0.333. The van der Waals surface area contributed by atoms with Crippen LogP contribution in [0.4, 0.5) is 5.69 Å². The Morgan fingerprint density at radius 1 is 1.00 bits per heavy atom. The number of amides is 1. The largest absolute Gasteiger partial charge is 0.469 e. The van der Waals surface area contributed by atoms with Crippen LogP contribution >= 0.6 is 23.2 Å². The molecule has 4 N–H and O–H groups in total. The molecule has 282 valence electrons. The Balaban J connectivity index is 1.28. The predicted octanol–water partition coefficient (Wildman–Crippen LogP) is 8.76. The molecule has 55 heavy (non-hydrogen) atoms. The molecule has 1 amide bonds. The van der Waals surface area contributed by atoms with Gasteiger partial charge in [-0.2, -0.15) is 4.98 Å². The average Bonchev–Trinajstić information content (AvgIpc) is 3.98. The molecule has 11 nitrogen and oxygen atoms in total. The van der Waals surface area contributed by atoms with Gasteiger partial charge in [0, 0.05) is 34.5 Å². The molecule has 3 aliphatic heterocycles. The van der Waals surface area contributed by atoms with E-state index in [-0.39, 0.29) is 71.7 Å². The molecule has 0 saturated carbocycles. The maximum Gasteiger partial charge on any atom is 0.250 e. The summed E-state index contributed by atoms with van der Waals surface area (Å²) in [7, 11) is 0.